The molecule has 0 N–H and O–H groups in total. The molecule has 0 aliphatic heterocycles. The lowest BCUT2D eigenvalue weighted by atomic mass is 10.0. The fraction of sp³-hybridized carbons (Fsp3) is 0.946. The molecule has 0 amide bonds. The third-order valence-electron chi connectivity index (χ3n) is 12.8. The topological polar surface area (TPSA) is 78.9 Å². The van der Waals surface area contributed by atoms with Crippen LogP contribution in [0.5, 0.6) is 0 Å². The summed E-state index contributed by atoms with van der Waals surface area (Å²) in [6.07, 6.45) is 53.8. The van der Waals surface area contributed by atoms with Crippen LogP contribution < -0.4 is 0 Å². The summed E-state index contributed by atoms with van der Waals surface area (Å²) in [6, 6.07) is 0. The second-order valence-corrected chi connectivity index (χ2v) is 19.7. The molecule has 0 fully saturated rings. The van der Waals surface area contributed by atoms with Crippen molar-refractivity contribution in [3.63, 3.8) is 0 Å². The Labute approximate surface area is 387 Å². The van der Waals surface area contributed by atoms with E-state index < -0.39 is 6.10 Å². The summed E-state index contributed by atoms with van der Waals surface area (Å²) < 4.78 is 16.8. The van der Waals surface area contributed by atoms with E-state index in [2.05, 4.69) is 27.7 Å². The number of ether oxygens (including phenoxy) is 3. The van der Waals surface area contributed by atoms with Gasteiger partial charge in [-0.05, 0) is 25.2 Å². The van der Waals surface area contributed by atoms with E-state index in [4.69, 9.17) is 14.2 Å². The minimum absolute atomic E-state index is 0.0622. The van der Waals surface area contributed by atoms with E-state index in [-0.39, 0.29) is 31.1 Å². The molecular weight excluding hydrogens is 769 g/mol. The van der Waals surface area contributed by atoms with E-state index in [9.17, 15) is 14.4 Å². The molecule has 0 heterocycles. The summed E-state index contributed by atoms with van der Waals surface area (Å²) in [6.45, 7) is 9.04. The molecule has 0 spiro atoms. The van der Waals surface area contributed by atoms with Crippen molar-refractivity contribution >= 4 is 17.9 Å². The van der Waals surface area contributed by atoms with E-state index in [0.29, 0.717) is 19.3 Å². The Hall–Kier alpha value is -1.59. The molecule has 62 heavy (non-hydrogen) atoms. The first-order valence-electron chi connectivity index (χ1n) is 27.9. The predicted octanol–water partition coefficient (Wildman–Crippen LogP) is 18.2. The highest BCUT2D eigenvalue weighted by atomic mass is 16.6. The monoisotopic (exact) mass is 877 g/mol. The second kappa shape index (κ2) is 50.4. The van der Waals surface area contributed by atoms with Crippen molar-refractivity contribution in [1.29, 1.82) is 0 Å². The summed E-state index contributed by atoms with van der Waals surface area (Å²) in [5, 5.41) is 0. The molecule has 0 aromatic rings. The standard InChI is InChI=1S/C56H108O6/c1-5-7-9-11-13-15-16-17-25-29-33-37-41-45-49-56(59)62-53(50-60-54(57)47-43-39-35-30-14-12-10-8-6-2)51-61-55(58)48-44-40-36-32-28-26-23-21-19-18-20-22-24-27-31-34-38-42-46-52(3)4/h52-53H,5-51H2,1-4H3/t53-/m1/s1. The molecule has 0 aliphatic rings. The second-order valence-electron chi connectivity index (χ2n) is 19.7. The number of esters is 3. The molecule has 0 aromatic carbocycles. The van der Waals surface area contributed by atoms with Crippen molar-refractivity contribution in [2.24, 2.45) is 5.92 Å². The fourth-order valence-corrected chi connectivity index (χ4v) is 8.57. The zero-order valence-electron chi connectivity index (χ0n) is 42.3. The van der Waals surface area contributed by atoms with Crippen LogP contribution in [0.2, 0.25) is 0 Å². The first-order chi connectivity index (χ1) is 30.4. The van der Waals surface area contributed by atoms with Gasteiger partial charge in [-0.2, -0.15) is 0 Å². The Morgan fingerprint density at radius 3 is 0.790 bits per heavy atom. The smallest absolute Gasteiger partial charge is 0.306 e. The van der Waals surface area contributed by atoms with E-state index in [1.54, 1.807) is 0 Å². The van der Waals surface area contributed by atoms with Crippen molar-refractivity contribution in [2.75, 3.05) is 13.2 Å². The highest BCUT2D eigenvalue weighted by Crippen LogP contribution is 2.18. The lowest BCUT2D eigenvalue weighted by molar-refractivity contribution is -0.167. The zero-order chi connectivity index (χ0) is 45.2. The quantitative estimate of drug-likeness (QED) is 0.0344. The van der Waals surface area contributed by atoms with Crippen molar-refractivity contribution in [2.45, 2.75) is 323 Å². The van der Waals surface area contributed by atoms with Crippen LogP contribution in [0.15, 0.2) is 0 Å². The summed E-state index contributed by atoms with van der Waals surface area (Å²) in [4.78, 5) is 37.9. The number of carbonyl (C=O) groups is 3. The first-order valence-corrected chi connectivity index (χ1v) is 27.9. The van der Waals surface area contributed by atoms with E-state index in [1.807, 2.05) is 0 Å². The molecule has 0 saturated carbocycles. The van der Waals surface area contributed by atoms with Crippen LogP contribution in [0, 0.1) is 5.92 Å². The maximum atomic E-state index is 12.8. The molecule has 1 atom stereocenters. The van der Waals surface area contributed by atoms with Gasteiger partial charge >= 0.3 is 17.9 Å². The average Bonchev–Trinajstić information content (AvgIpc) is 3.26. The van der Waals surface area contributed by atoms with E-state index in [1.165, 1.54) is 212 Å². The van der Waals surface area contributed by atoms with Gasteiger partial charge in [-0.3, -0.25) is 14.4 Å². The van der Waals surface area contributed by atoms with Crippen LogP contribution in [-0.4, -0.2) is 37.2 Å². The molecule has 0 radical (unpaired) electrons. The number of hydrogen-bond acceptors (Lipinski definition) is 6. The number of unbranched alkanes of at least 4 members (excludes halogenated alkanes) is 38. The van der Waals surface area contributed by atoms with E-state index >= 15 is 0 Å². The maximum absolute atomic E-state index is 12.8. The molecule has 368 valence electrons. The van der Waals surface area contributed by atoms with Crippen LogP contribution in [0.25, 0.3) is 0 Å². The summed E-state index contributed by atoms with van der Waals surface area (Å²) >= 11 is 0. The van der Waals surface area contributed by atoms with Gasteiger partial charge in [-0.1, -0.05) is 278 Å². The SMILES string of the molecule is CCCCCCCCCCCCCCCCC(=O)O[C@H](COC(=O)CCCCCCCCCCC)COC(=O)CCCCCCCCCCCCCCCCCCCCC(C)C. The van der Waals surface area contributed by atoms with Crippen LogP contribution in [0.3, 0.4) is 0 Å². The van der Waals surface area contributed by atoms with Gasteiger partial charge in [0.25, 0.3) is 0 Å². The van der Waals surface area contributed by atoms with Gasteiger partial charge in [0.1, 0.15) is 13.2 Å². The van der Waals surface area contributed by atoms with Crippen LogP contribution in [-0.2, 0) is 28.6 Å². The van der Waals surface area contributed by atoms with Gasteiger partial charge in [0, 0.05) is 19.3 Å². The molecule has 0 aliphatic carbocycles. The molecule has 0 unspecified atom stereocenters. The number of carbonyl (C=O) groups excluding carboxylic acids is 3. The number of hydrogen-bond donors (Lipinski definition) is 0. The molecule has 0 rings (SSSR count). The fourth-order valence-electron chi connectivity index (χ4n) is 8.57. The number of rotatable bonds is 51. The van der Waals surface area contributed by atoms with Gasteiger partial charge in [0.15, 0.2) is 6.10 Å². The van der Waals surface area contributed by atoms with Crippen molar-refractivity contribution in [3.8, 4) is 0 Å². The highest BCUT2D eigenvalue weighted by molar-refractivity contribution is 5.71. The third-order valence-corrected chi connectivity index (χ3v) is 12.8. The van der Waals surface area contributed by atoms with Gasteiger partial charge in [-0.15, -0.1) is 0 Å². The van der Waals surface area contributed by atoms with Gasteiger partial charge in [-0.25, -0.2) is 0 Å². The van der Waals surface area contributed by atoms with Crippen LogP contribution in [0.4, 0.5) is 0 Å². The Morgan fingerprint density at radius 2 is 0.532 bits per heavy atom. The Bertz CT molecular complexity index is 933. The third kappa shape index (κ3) is 49.4. The minimum Gasteiger partial charge on any atom is -0.462 e. The molecular formula is C56H108O6. The van der Waals surface area contributed by atoms with Crippen molar-refractivity contribution in [3.05, 3.63) is 0 Å². The van der Waals surface area contributed by atoms with E-state index in [0.717, 1.165) is 63.7 Å². The average molecular weight is 877 g/mol. The summed E-state index contributed by atoms with van der Waals surface area (Å²) in [5.74, 6) is 0.0175. The molecule has 0 saturated heterocycles. The lowest BCUT2D eigenvalue weighted by Crippen LogP contribution is -2.30. The summed E-state index contributed by atoms with van der Waals surface area (Å²) in [5.41, 5.74) is 0. The van der Waals surface area contributed by atoms with Gasteiger partial charge in [0.05, 0.1) is 0 Å². The highest BCUT2D eigenvalue weighted by Gasteiger charge is 2.19. The predicted molar refractivity (Wildman–Crippen MR) is 266 cm³/mol. The first kappa shape index (κ1) is 60.4. The Kier molecular flexibility index (Phi) is 49.1. The largest absolute Gasteiger partial charge is 0.462 e. The van der Waals surface area contributed by atoms with Crippen LogP contribution >= 0.6 is 0 Å². The van der Waals surface area contributed by atoms with Gasteiger partial charge < -0.3 is 14.2 Å². The van der Waals surface area contributed by atoms with Crippen LogP contribution in [0.1, 0.15) is 317 Å². The Balaban J connectivity index is 4.18. The Morgan fingerprint density at radius 1 is 0.306 bits per heavy atom. The zero-order valence-corrected chi connectivity index (χ0v) is 42.3. The molecule has 0 bridgehead atoms. The minimum atomic E-state index is -0.760. The van der Waals surface area contributed by atoms with Gasteiger partial charge in [0.2, 0.25) is 0 Å². The van der Waals surface area contributed by atoms with Crippen molar-refractivity contribution in [1.82, 2.24) is 0 Å². The summed E-state index contributed by atoms with van der Waals surface area (Å²) in [7, 11) is 0. The normalized spacial score (nSPS) is 12.0. The maximum Gasteiger partial charge on any atom is 0.306 e. The molecule has 0 aromatic heterocycles. The lowest BCUT2D eigenvalue weighted by Gasteiger charge is -2.18. The van der Waals surface area contributed by atoms with Crippen molar-refractivity contribution < 1.29 is 28.6 Å². The molecule has 6 heteroatoms. The molecule has 6 nitrogen and oxygen atoms in total.